The molecular weight excluding hydrogens is 534 g/mol. The van der Waals surface area contributed by atoms with E-state index in [1.165, 1.54) is 22.2 Å². The topological polar surface area (TPSA) is 72.4 Å². The molecule has 0 spiro atoms. The molecule has 2 atom stereocenters. The molecule has 13 heteroatoms. The Kier molecular flexibility index (Phi) is 7.63. The van der Waals surface area contributed by atoms with Crippen molar-refractivity contribution >= 4 is 28.0 Å². The summed E-state index contributed by atoms with van der Waals surface area (Å²) < 4.78 is 80.5. The van der Waals surface area contributed by atoms with E-state index in [1.807, 2.05) is 0 Å². The number of anilines is 1. The first-order valence-corrected chi connectivity index (χ1v) is 11.1. The van der Waals surface area contributed by atoms with Crippen molar-refractivity contribution in [3.8, 4) is 0 Å². The fraction of sp³-hybridized carbons (Fsp3) is 0.476. The van der Waals surface area contributed by atoms with Crippen LogP contribution in [0.1, 0.15) is 42.9 Å². The summed E-state index contributed by atoms with van der Waals surface area (Å²) in [6, 6.07) is 0.582. The molecule has 0 aliphatic carbocycles. The van der Waals surface area contributed by atoms with Gasteiger partial charge in [-0.15, -0.1) is 0 Å². The van der Waals surface area contributed by atoms with E-state index in [0.717, 1.165) is 0 Å². The fourth-order valence-electron chi connectivity index (χ4n) is 4.06. The van der Waals surface area contributed by atoms with Gasteiger partial charge in [-0.3, -0.25) is 0 Å². The molecule has 6 nitrogen and oxygen atoms in total. The van der Waals surface area contributed by atoms with Crippen LogP contribution in [0.4, 0.5) is 37.1 Å². The number of carboxylic acid groups (broad SMARTS) is 1. The third kappa shape index (κ3) is 6.10. The van der Waals surface area contributed by atoms with E-state index in [1.54, 1.807) is 6.92 Å². The number of carbonyl (C=O) groups is 1. The quantitative estimate of drug-likeness (QED) is 0.494. The van der Waals surface area contributed by atoms with Crippen LogP contribution in [0, 0.1) is 0 Å². The van der Waals surface area contributed by atoms with Crippen LogP contribution in [-0.4, -0.2) is 39.6 Å². The van der Waals surface area contributed by atoms with Crippen molar-refractivity contribution in [2.45, 2.75) is 57.2 Å². The number of rotatable bonds is 5. The van der Waals surface area contributed by atoms with Crippen LogP contribution >= 0.6 is 15.9 Å². The van der Waals surface area contributed by atoms with Crippen LogP contribution in [0.2, 0.25) is 0 Å². The van der Waals surface area contributed by atoms with Gasteiger partial charge in [0, 0.05) is 37.6 Å². The number of aromatic nitrogens is 2. The predicted octanol–water partition coefficient (Wildman–Crippen LogP) is 4.87. The monoisotopic (exact) mass is 553 g/mol. The average Bonchev–Trinajstić information content (AvgIpc) is 2.76. The number of nitrogens with zero attached hydrogens (tertiary/aromatic N) is 4. The molecule has 0 radical (unpaired) electrons. The van der Waals surface area contributed by atoms with E-state index in [9.17, 15) is 36.2 Å². The Hall–Kier alpha value is -2.57. The van der Waals surface area contributed by atoms with E-state index >= 15 is 0 Å². The lowest BCUT2D eigenvalue weighted by molar-refractivity contribution is -0.269. The van der Waals surface area contributed by atoms with Gasteiger partial charge in [0.05, 0.1) is 15.6 Å². The van der Waals surface area contributed by atoms with E-state index in [4.69, 9.17) is 0 Å². The summed E-state index contributed by atoms with van der Waals surface area (Å²) in [5.74, 6) is 0.107. The molecule has 1 fully saturated rings. The Morgan fingerprint density at radius 1 is 1.12 bits per heavy atom. The Balaban J connectivity index is 2.02. The Bertz CT molecular complexity index is 984. The van der Waals surface area contributed by atoms with Crippen LogP contribution < -0.4 is 10.0 Å². The summed E-state index contributed by atoms with van der Waals surface area (Å²) in [5, 5.41) is 11.4. The first-order chi connectivity index (χ1) is 15.8. The normalized spacial score (nSPS) is 19.2. The molecule has 3 rings (SSSR count). The highest BCUT2D eigenvalue weighted by molar-refractivity contribution is 9.10. The highest BCUT2D eigenvalue weighted by atomic mass is 79.9. The van der Waals surface area contributed by atoms with Gasteiger partial charge in [-0.2, -0.15) is 26.3 Å². The average molecular weight is 554 g/mol. The second-order valence-corrected chi connectivity index (χ2v) is 8.86. The van der Waals surface area contributed by atoms with Gasteiger partial charge in [0.2, 0.25) is 5.95 Å². The lowest BCUT2D eigenvalue weighted by Crippen LogP contribution is -2.55. The van der Waals surface area contributed by atoms with Gasteiger partial charge < -0.3 is 19.7 Å². The summed E-state index contributed by atoms with van der Waals surface area (Å²) in [5.41, 5.74) is -3.04. The van der Waals surface area contributed by atoms with Gasteiger partial charge in [0.15, 0.2) is 0 Å². The largest absolute Gasteiger partial charge is 0.530 e. The summed E-state index contributed by atoms with van der Waals surface area (Å²) in [6.45, 7) is 1.56. The number of carbonyl (C=O) groups excluding carboxylic acids is 1. The van der Waals surface area contributed by atoms with Crippen molar-refractivity contribution in [1.82, 2.24) is 14.9 Å². The number of likely N-dealkylation sites (tertiary alicyclic amines) is 1. The van der Waals surface area contributed by atoms with Crippen LogP contribution in [0.25, 0.3) is 0 Å². The highest BCUT2D eigenvalue weighted by Crippen LogP contribution is 2.37. The zero-order valence-corrected chi connectivity index (χ0v) is 19.4. The lowest BCUT2D eigenvalue weighted by atomic mass is 9.94. The number of benzene rings is 1. The first-order valence-electron chi connectivity index (χ1n) is 10.3. The van der Waals surface area contributed by atoms with Crippen LogP contribution in [0.3, 0.4) is 0 Å². The van der Waals surface area contributed by atoms with Gasteiger partial charge in [-0.1, -0.05) is 6.92 Å². The third-order valence-electron chi connectivity index (χ3n) is 5.70. The maximum absolute atomic E-state index is 13.3. The summed E-state index contributed by atoms with van der Waals surface area (Å²) in [6.07, 6.45) is -7.42. The van der Waals surface area contributed by atoms with Gasteiger partial charge in [-0.25, -0.2) is 9.97 Å². The minimum Gasteiger partial charge on any atom is -0.530 e. The molecule has 2 aromatic rings. The highest BCUT2D eigenvalue weighted by Gasteiger charge is 2.38. The molecule has 2 heterocycles. The van der Waals surface area contributed by atoms with Crippen LogP contribution in [0.5, 0.6) is 0 Å². The molecule has 1 aromatic carbocycles. The van der Waals surface area contributed by atoms with Gasteiger partial charge in [-0.05, 0) is 59.0 Å². The van der Waals surface area contributed by atoms with Crippen molar-refractivity contribution in [3.05, 3.63) is 51.8 Å². The van der Waals surface area contributed by atoms with Gasteiger partial charge in [0.1, 0.15) is 6.09 Å². The van der Waals surface area contributed by atoms with E-state index < -0.39 is 41.7 Å². The molecule has 0 saturated carbocycles. The van der Waals surface area contributed by atoms with Crippen LogP contribution in [-0.2, 0) is 18.9 Å². The fourth-order valence-corrected chi connectivity index (χ4v) is 4.27. The Labute approximate surface area is 199 Å². The van der Waals surface area contributed by atoms with E-state index in [2.05, 4.69) is 25.9 Å². The molecular formula is C21H20BrF6N4O2-. The standard InChI is InChI=1S/C21H21BrF6N4O2/c1-2-16-8-17(3-4-31(16)19(33)34)32(18-29-9-15(22)10-30-18)11-12-5-13(20(23,24)25)7-14(6-12)21(26,27)28/h5-7,9-10,16-17H,2-4,8,11H2,1H3,(H,33,34)/p-1. The molecule has 0 N–H and O–H groups in total. The number of hydrogen-bond donors (Lipinski definition) is 0. The van der Waals surface area contributed by atoms with Crippen molar-refractivity contribution in [2.24, 2.45) is 0 Å². The van der Waals surface area contributed by atoms with Gasteiger partial charge in [0.25, 0.3) is 0 Å². The molecule has 1 saturated heterocycles. The first kappa shape index (κ1) is 26.0. The van der Waals surface area contributed by atoms with E-state index in [-0.39, 0.29) is 43.5 Å². The number of halogens is 7. The van der Waals surface area contributed by atoms with Crippen molar-refractivity contribution < 1.29 is 36.2 Å². The third-order valence-corrected chi connectivity index (χ3v) is 6.11. The minimum absolute atomic E-state index is 0.0788. The van der Waals surface area contributed by atoms with E-state index in [0.29, 0.717) is 23.0 Å². The van der Waals surface area contributed by atoms with Crippen molar-refractivity contribution in [3.63, 3.8) is 0 Å². The lowest BCUT2D eigenvalue weighted by Gasteiger charge is -2.44. The number of piperidine rings is 1. The molecule has 1 aromatic heterocycles. The summed E-state index contributed by atoms with van der Waals surface area (Å²) in [7, 11) is 0. The number of alkyl halides is 6. The van der Waals surface area contributed by atoms with Gasteiger partial charge >= 0.3 is 12.4 Å². The molecule has 1 amide bonds. The molecule has 1 aliphatic rings. The Morgan fingerprint density at radius 2 is 1.68 bits per heavy atom. The summed E-state index contributed by atoms with van der Waals surface area (Å²) >= 11 is 3.19. The second-order valence-electron chi connectivity index (χ2n) is 7.94. The van der Waals surface area contributed by atoms with Crippen LogP contribution in [0.15, 0.2) is 35.1 Å². The van der Waals surface area contributed by atoms with Crippen molar-refractivity contribution in [1.29, 1.82) is 0 Å². The molecule has 2 unspecified atom stereocenters. The Morgan fingerprint density at radius 3 is 2.15 bits per heavy atom. The van der Waals surface area contributed by atoms with Crippen molar-refractivity contribution in [2.75, 3.05) is 11.4 Å². The summed E-state index contributed by atoms with van der Waals surface area (Å²) in [4.78, 5) is 22.5. The number of amides is 1. The zero-order valence-electron chi connectivity index (χ0n) is 17.8. The zero-order chi connectivity index (χ0) is 25.3. The molecule has 0 bridgehead atoms. The molecule has 186 valence electrons. The maximum Gasteiger partial charge on any atom is 0.416 e. The predicted molar refractivity (Wildman–Crippen MR) is 112 cm³/mol. The molecule has 34 heavy (non-hydrogen) atoms. The number of hydrogen-bond acceptors (Lipinski definition) is 5. The minimum atomic E-state index is -4.97. The second kappa shape index (κ2) is 9.96. The molecule has 1 aliphatic heterocycles. The SMILES string of the molecule is CCC1CC(N(Cc2cc(C(F)(F)F)cc(C(F)(F)F)c2)c2ncc(Br)cn2)CCN1C(=O)[O-]. The maximum atomic E-state index is 13.3. The smallest absolute Gasteiger partial charge is 0.416 e.